The number of hydrogen-bond donors (Lipinski definition) is 1. The van der Waals surface area contributed by atoms with Gasteiger partial charge in [-0.1, -0.05) is 12.8 Å². The molecule has 1 amide bonds. The summed E-state index contributed by atoms with van der Waals surface area (Å²) in [6, 6.07) is 0. The van der Waals surface area contributed by atoms with E-state index in [0.29, 0.717) is 11.4 Å². The highest BCUT2D eigenvalue weighted by Gasteiger charge is 2.23. The van der Waals surface area contributed by atoms with E-state index in [9.17, 15) is 14.9 Å². The average Bonchev–Trinajstić information content (AvgIpc) is 2.96. The molecule has 1 saturated carbocycles. The van der Waals surface area contributed by atoms with Crippen molar-refractivity contribution in [3.8, 4) is 0 Å². The summed E-state index contributed by atoms with van der Waals surface area (Å²) in [5.41, 5.74) is 3.01. The summed E-state index contributed by atoms with van der Waals surface area (Å²) in [7, 11) is 0. The Labute approximate surface area is 116 Å². The molecule has 2 rings (SSSR count). The van der Waals surface area contributed by atoms with Crippen molar-refractivity contribution >= 4 is 11.6 Å². The van der Waals surface area contributed by atoms with Crippen molar-refractivity contribution < 1.29 is 14.6 Å². The van der Waals surface area contributed by atoms with Crippen LogP contribution in [0.1, 0.15) is 37.1 Å². The van der Waals surface area contributed by atoms with Gasteiger partial charge in [0.05, 0.1) is 11.0 Å². The maximum atomic E-state index is 11.7. The van der Waals surface area contributed by atoms with Crippen molar-refractivity contribution in [1.29, 1.82) is 0 Å². The predicted molar refractivity (Wildman–Crippen MR) is 69.8 cm³/mol. The van der Waals surface area contributed by atoms with Crippen molar-refractivity contribution in [3.05, 3.63) is 21.5 Å². The summed E-state index contributed by atoms with van der Waals surface area (Å²) >= 11 is 0. The van der Waals surface area contributed by atoms with E-state index in [1.54, 1.807) is 13.8 Å². The summed E-state index contributed by atoms with van der Waals surface area (Å²) in [6.07, 6.45) is 4.21. The predicted octanol–water partition coefficient (Wildman–Crippen LogP) is 1.40. The summed E-state index contributed by atoms with van der Waals surface area (Å²) in [5.74, 6) is -0.364. The van der Waals surface area contributed by atoms with Gasteiger partial charge in [0.1, 0.15) is 17.9 Å². The fraction of sp³-hybridized carbons (Fsp3) is 0.667. The smallest absolute Gasteiger partial charge is 0.271 e. The van der Waals surface area contributed by atoms with E-state index in [-0.39, 0.29) is 24.2 Å². The molecule has 1 aliphatic rings. The summed E-state index contributed by atoms with van der Waals surface area (Å²) in [6.45, 7) is 3.03. The maximum absolute atomic E-state index is 11.7. The fourth-order valence-corrected chi connectivity index (χ4v) is 2.43. The van der Waals surface area contributed by atoms with Crippen LogP contribution in [0.4, 0.5) is 5.69 Å². The molecule has 20 heavy (non-hydrogen) atoms. The van der Waals surface area contributed by atoms with E-state index in [1.165, 1.54) is 4.68 Å². The minimum absolute atomic E-state index is 0.0467. The Kier molecular flexibility index (Phi) is 4.33. The molecule has 1 aliphatic carbocycles. The largest absolute Gasteiger partial charge is 0.312 e. The lowest BCUT2D eigenvalue weighted by Crippen LogP contribution is -2.31. The van der Waals surface area contributed by atoms with Gasteiger partial charge in [-0.15, -0.1) is 0 Å². The lowest BCUT2D eigenvalue weighted by Gasteiger charge is -2.11. The van der Waals surface area contributed by atoms with Crippen LogP contribution >= 0.6 is 0 Å². The molecule has 1 aromatic heterocycles. The molecule has 8 nitrogen and oxygen atoms in total. The van der Waals surface area contributed by atoms with E-state index in [1.807, 2.05) is 0 Å². The molecule has 0 aromatic carbocycles. The minimum atomic E-state index is -0.485. The highest BCUT2D eigenvalue weighted by Crippen LogP contribution is 2.22. The third-order valence-corrected chi connectivity index (χ3v) is 3.46. The van der Waals surface area contributed by atoms with Gasteiger partial charge in [-0.05, 0) is 26.7 Å². The van der Waals surface area contributed by atoms with Crippen molar-refractivity contribution in [2.45, 2.75) is 52.2 Å². The molecule has 8 heteroatoms. The Morgan fingerprint density at radius 2 is 2.15 bits per heavy atom. The number of carbonyl (C=O) groups excluding carboxylic acids is 1. The Hall–Kier alpha value is -1.96. The normalized spacial score (nSPS) is 15.5. The van der Waals surface area contributed by atoms with Crippen LogP contribution < -0.4 is 5.48 Å². The van der Waals surface area contributed by atoms with Gasteiger partial charge in [-0.2, -0.15) is 5.10 Å². The maximum Gasteiger partial charge on any atom is 0.312 e. The summed E-state index contributed by atoms with van der Waals surface area (Å²) in [5, 5.41) is 14.9. The molecule has 0 spiro atoms. The molecule has 110 valence electrons. The zero-order valence-electron chi connectivity index (χ0n) is 11.6. The second kappa shape index (κ2) is 6.00. The van der Waals surface area contributed by atoms with E-state index in [0.717, 1.165) is 25.7 Å². The number of hydrogen-bond acceptors (Lipinski definition) is 5. The van der Waals surface area contributed by atoms with Crippen LogP contribution in [0, 0.1) is 24.0 Å². The number of rotatable bonds is 5. The first kappa shape index (κ1) is 14.4. The van der Waals surface area contributed by atoms with E-state index in [4.69, 9.17) is 4.84 Å². The molecular weight excluding hydrogens is 264 g/mol. The highest BCUT2D eigenvalue weighted by molar-refractivity contribution is 5.74. The molecule has 0 aliphatic heterocycles. The monoisotopic (exact) mass is 282 g/mol. The number of nitrogens with zero attached hydrogens (tertiary/aromatic N) is 3. The van der Waals surface area contributed by atoms with Crippen LogP contribution in [0.3, 0.4) is 0 Å². The Morgan fingerprint density at radius 3 is 2.70 bits per heavy atom. The van der Waals surface area contributed by atoms with Gasteiger partial charge >= 0.3 is 5.69 Å². The SMILES string of the molecule is Cc1nn(CC(=O)NOC2CCCC2)c(C)c1[N+](=O)[O-]. The highest BCUT2D eigenvalue weighted by atomic mass is 16.7. The van der Waals surface area contributed by atoms with E-state index < -0.39 is 4.92 Å². The Bertz CT molecular complexity index is 520. The number of aryl methyl sites for hydroxylation is 1. The van der Waals surface area contributed by atoms with Crippen LogP contribution in [0.15, 0.2) is 0 Å². The Balaban J connectivity index is 1.94. The fourth-order valence-electron chi connectivity index (χ4n) is 2.43. The number of aromatic nitrogens is 2. The van der Waals surface area contributed by atoms with E-state index in [2.05, 4.69) is 10.6 Å². The van der Waals surface area contributed by atoms with Crippen molar-refractivity contribution in [3.63, 3.8) is 0 Å². The van der Waals surface area contributed by atoms with Crippen LogP contribution in [0.5, 0.6) is 0 Å². The van der Waals surface area contributed by atoms with Crippen molar-refractivity contribution in [1.82, 2.24) is 15.3 Å². The number of carbonyl (C=O) groups is 1. The first-order chi connectivity index (χ1) is 9.49. The second-order valence-electron chi connectivity index (χ2n) is 4.98. The lowest BCUT2D eigenvalue weighted by molar-refractivity contribution is -0.386. The van der Waals surface area contributed by atoms with Gasteiger partial charge in [0.25, 0.3) is 5.91 Å². The average molecular weight is 282 g/mol. The summed E-state index contributed by atoms with van der Waals surface area (Å²) in [4.78, 5) is 27.4. The van der Waals surface area contributed by atoms with Gasteiger partial charge in [0, 0.05) is 0 Å². The zero-order valence-corrected chi connectivity index (χ0v) is 11.6. The third-order valence-electron chi connectivity index (χ3n) is 3.46. The van der Waals surface area contributed by atoms with Gasteiger partial charge < -0.3 is 0 Å². The molecule has 0 saturated heterocycles. The Morgan fingerprint density at radius 1 is 1.50 bits per heavy atom. The molecule has 0 bridgehead atoms. The number of nitrogens with one attached hydrogen (secondary N) is 1. The van der Waals surface area contributed by atoms with Gasteiger partial charge in [-0.25, -0.2) is 5.48 Å². The zero-order chi connectivity index (χ0) is 14.7. The molecule has 1 N–H and O–H groups in total. The molecule has 1 fully saturated rings. The molecule has 0 unspecified atom stereocenters. The van der Waals surface area contributed by atoms with Gasteiger partial charge in [0.15, 0.2) is 0 Å². The second-order valence-corrected chi connectivity index (χ2v) is 4.98. The lowest BCUT2D eigenvalue weighted by atomic mass is 10.3. The first-order valence-electron chi connectivity index (χ1n) is 6.62. The number of nitro groups is 1. The molecule has 1 aromatic rings. The molecule has 0 atom stereocenters. The third kappa shape index (κ3) is 3.13. The van der Waals surface area contributed by atoms with Crippen LogP contribution in [-0.2, 0) is 16.2 Å². The first-order valence-corrected chi connectivity index (χ1v) is 6.62. The topological polar surface area (TPSA) is 99.3 Å². The minimum Gasteiger partial charge on any atom is -0.271 e. The standard InChI is InChI=1S/C12H18N4O4/c1-8-12(16(18)19)9(2)15(13-8)7-11(17)14-20-10-5-3-4-6-10/h10H,3-7H2,1-2H3,(H,14,17). The van der Waals surface area contributed by atoms with E-state index >= 15 is 0 Å². The molecule has 0 radical (unpaired) electrons. The molecule has 1 heterocycles. The van der Waals surface area contributed by atoms with Gasteiger partial charge in [0.2, 0.25) is 0 Å². The van der Waals surface area contributed by atoms with Crippen molar-refractivity contribution in [2.75, 3.05) is 0 Å². The molecular formula is C12H18N4O4. The number of hydroxylamine groups is 1. The quantitative estimate of drug-likeness (QED) is 0.650. The van der Waals surface area contributed by atoms with Gasteiger partial charge in [-0.3, -0.25) is 24.4 Å². The van der Waals surface area contributed by atoms with Crippen LogP contribution in [0.25, 0.3) is 0 Å². The summed E-state index contributed by atoms with van der Waals surface area (Å²) < 4.78 is 1.32. The van der Waals surface area contributed by atoms with Crippen LogP contribution in [-0.4, -0.2) is 26.7 Å². The van der Waals surface area contributed by atoms with Crippen molar-refractivity contribution in [2.24, 2.45) is 0 Å². The number of amides is 1. The van der Waals surface area contributed by atoms with Crippen LogP contribution in [0.2, 0.25) is 0 Å².